The zero-order valence-corrected chi connectivity index (χ0v) is 29.1. The topological polar surface area (TPSA) is 133 Å². The van der Waals surface area contributed by atoms with Gasteiger partial charge in [-0.15, -0.1) is 11.3 Å². The van der Waals surface area contributed by atoms with Crippen LogP contribution in [0.1, 0.15) is 95.8 Å². The number of thiophene rings is 1. The van der Waals surface area contributed by atoms with Crippen molar-refractivity contribution < 1.29 is 23.9 Å². The summed E-state index contributed by atoms with van der Waals surface area (Å²) in [6.45, 7) is 9.34. The number of hydrogen-bond acceptors (Lipinski definition) is 8. The molecule has 4 aromatic rings. The molecule has 0 atom stereocenters. The van der Waals surface area contributed by atoms with Crippen LogP contribution in [0.15, 0.2) is 60.0 Å². The fourth-order valence-electron chi connectivity index (χ4n) is 6.11. The van der Waals surface area contributed by atoms with Gasteiger partial charge in [-0.25, -0.2) is 9.78 Å². The number of amides is 2. The molecule has 1 aliphatic heterocycles. The Labute approximate surface area is 286 Å². The molecule has 1 saturated carbocycles. The maximum atomic E-state index is 14.0. The molecule has 0 unspecified atom stereocenters. The van der Waals surface area contributed by atoms with Gasteiger partial charge in [0.1, 0.15) is 11.4 Å². The first-order chi connectivity index (χ1) is 23.2. The lowest BCUT2D eigenvalue weighted by molar-refractivity contribution is 0.0594. The summed E-state index contributed by atoms with van der Waals surface area (Å²) in [5, 5.41) is 8.11. The van der Waals surface area contributed by atoms with Gasteiger partial charge in [0.05, 0.1) is 13.7 Å². The quantitative estimate of drug-likeness (QED) is 0.173. The van der Waals surface area contributed by atoms with Gasteiger partial charge in [0, 0.05) is 51.8 Å². The number of ether oxygens (including phenoxy) is 2. The minimum atomic E-state index is -0.718. The lowest BCUT2D eigenvalue weighted by Gasteiger charge is -2.34. The predicted molar refractivity (Wildman–Crippen MR) is 191 cm³/mol. The van der Waals surface area contributed by atoms with Gasteiger partial charge in [0.2, 0.25) is 0 Å². The van der Waals surface area contributed by atoms with Crippen LogP contribution >= 0.6 is 11.3 Å². The summed E-state index contributed by atoms with van der Waals surface area (Å²) in [6.07, 6.45) is 4.54. The maximum absolute atomic E-state index is 14.0. The number of rotatable bonds is 7. The second-order valence-electron chi connectivity index (χ2n) is 12.6. The average molecular weight is 669 g/mol. The number of nitrogens with two attached hydrogens (primary N) is 1. The van der Waals surface area contributed by atoms with Gasteiger partial charge in [-0.3, -0.25) is 9.59 Å². The lowest BCUT2D eigenvalue weighted by atomic mass is 9.75. The molecule has 252 valence electrons. The number of aromatic nitrogens is 1. The van der Waals surface area contributed by atoms with E-state index in [-0.39, 0.29) is 34.7 Å². The van der Waals surface area contributed by atoms with Crippen molar-refractivity contribution >= 4 is 34.8 Å². The number of nitrogens with zero attached hydrogens (tertiary/aromatic N) is 1. The highest BCUT2D eigenvalue weighted by Crippen LogP contribution is 2.43. The molecule has 9 nitrogen and oxygen atoms in total. The molecule has 2 aliphatic rings. The molecule has 0 bridgehead atoms. The van der Waals surface area contributed by atoms with Crippen molar-refractivity contribution in [2.45, 2.75) is 72.4 Å². The average Bonchev–Trinajstić information content (AvgIpc) is 3.50. The van der Waals surface area contributed by atoms with Crippen LogP contribution in [0.2, 0.25) is 0 Å². The molecule has 6 rings (SSSR count). The molecule has 2 aromatic heterocycles. The summed E-state index contributed by atoms with van der Waals surface area (Å²) in [5.74, 6) is -0.851. The van der Waals surface area contributed by atoms with Gasteiger partial charge in [-0.05, 0) is 90.1 Å². The number of methoxy groups -OCH3 is 1. The number of pyridine rings is 1. The first-order valence-corrected chi connectivity index (χ1v) is 17.4. The predicted octanol–water partition coefficient (Wildman–Crippen LogP) is 7.63. The molecule has 0 saturated heterocycles. The molecule has 0 spiro atoms. The lowest BCUT2D eigenvalue weighted by Crippen LogP contribution is -2.39. The minimum Gasteiger partial charge on any atom is -0.493 e. The van der Waals surface area contributed by atoms with Gasteiger partial charge >= 0.3 is 5.97 Å². The standard InChI is InChI=1S/C36H38N4O5S.C2H6/c1-36(2)14-10-24(11-15-36)39-34(42)29-9-8-25(31(40-29)35(43)44-3)26-19-30-28(32-22(12-16-45-30)13-17-46-32)18-27(26)33(41)38-23-6-4-21(20-37)5-7-23;1-2/h4-9,13,17-19,24H,10-12,14-16,20,37H2,1-3H3,(H,38,41)(H,39,42);1-2H3. The Morgan fingerprint density at radius 1 is 0.979 bits per heavy atom. The van der Waals surface area contributed by atoms with Gasteiger partial charge < -0.3 is 25.8 Å². The summed E-state index contributed by atoms with van der Waals surface area (Å²) in [4.78, 5) is 46.0. The fraction of sp³-hybridized carbons (Fsp3) is 0.368. The number of nitrogens with one attached hydrogen (secondary N) is 2. The summed E-state index contributed by atoms with van der Waals surface area (Å²) >= 11 is 1.59. The van der Waals surface area contributed by atoms with Crippen molar-refractivity contribution in [2.75, 3.05) is 19.0 Å². The number of carbonyl (C=O) groups excluding carboxylic acids is 3. The Morgan fingerprint density at radius 3 is 2.40 bits per heavy atom. The zero-order chi connectivity index (χ0) is 34.4. The molecule has 1 aliphatic carbocycles. The molecule has 4 N–H and O–H groups in total. The second-order valence-corrected chi connectivity index (χ2v) is 13.5. The molecule has 2 aromatic carbocycles. The molecule has 2 amide bonds. The van der Waals surface area contributed by atoms with E-state index in [0.29, 0.717) is 41.3 Å². The number of carbonyl (C=O) groups is 3. The number of fused-ring (bicyclic) bond motifs is 3. The van der Waals surface area contributed by atoms with Crippen LogP contribution in [0.5, 0.6) is 5.75 Å². The third-order valence-corrected chi connectivity index (χ3v) is 9.89. The maximum Gasteiger partial charge on any atom is 0.357 e. The Balaban J connectivity index is 0.00000221. The minimum absolute atomic E-state index is 0.0432. The van der Waals surface area contributed by atoms with Crippen LogP contribution in [0, 0.1) is 5.41 Å². The molecule has 48 heavy (non-hydrogen) atoms. The Hall–Kier alpha value is -4.54. The first-order valence-electron chi connectivity index (χ1n) is 16.5. The van der Waals surface area contributed by atoms with E-state index < -0.39 is 5.97 Å². The SMILES string of the molecule is CC.COC(=O)c1nc(C(=O)NC2CCC(C)(C)CC2)ccc1-c1cc2c(cc1C(=O)Nc1ccc(CN)cc1)-c1sccc1CCO2. The van der Waals surface area contributed by atoms with E-state index in [4.69, 9.17) is 15.2 Å². The Morgan fingerprint density at radius 2 is 1.71 bits per heavy atom. The third kappa shape index (κ3) is 7.61. The van der Waals surface area contributed by atoms with Crippen molar-refractivity contribution in [3.05, 3.63) is 88.1 Å². The van der Waals surface area contributed by atoms with Crippen molar-refractivity contribution in [2.24, 2.45) is 11.1 Å². The van der Waals surface area contributed by atoms with Crippen LogP contribution in [-0.2, 0) is 17.7 Å². The number of anilines is 1. The first kappa shape index (κ1) is 34.8. The van der Waals surface area contributed by atoms with Crippen LogP contribution < -0.4 is 21.1 Å². The normalized spacial score (nSPS) is 15.0. The fourth-order valence-corrected chi connectivity index (χ4v) is 7.08. The van der Waals surface area contributed by atoms with Gasteiger partial charge in [-0.2, -0.15) is 0 Å². The van der Waals surface area contributed by atoms with Crippen LogP contribution in [0.4, 0.5) is 5.69 Å². The zero-order valence-electron chi connectivity index (χ0n) is 28.3. The summed E-state index contributed by atoms with van der Waals surface area (Å²) in [5.41, 5.74) is 10.7. The van der Waals surface area contributed by atoms with E-state index in [9.17, 15) is 14.4 Å². The molecule has 10 heteroatoms. The summed E-state index contributed by atoms with van der Waals surface area (Å²) in [7, 11) is 1.27. The third-order valence-electron chi connectivity index (χ3n) is 8.90. The molecule has 0 radical (unpaired) electrons. The summed E-state index contributed by atoms with van der Waals surface area (Å²) in [6, 6.07) is 16.3. The molecule has 3 heterocycles. The van der Waals surface area contributed by atoms with Crippen molar-refractivity contribution in [3.8, 4) is 27.3 Å². The van der Waals surface area contributed by atoms with Crippen LogP contribution in [0.3, 0.4) is 0 Å². The Bertz CT molecular complexity index is 1790. The number of esters is 1. The highest BCUT2D eigenvalue weighted by atomic mass is 32.1. The highest BCUT2D eigenvalue weighted by Gasteiger charge is 2.30. The van der Waals surface area contributed by atoms with Crippen LogP contribution in [-0.4, -0.2) is 42.5 Å². The van der Waals surface area contributed by atoms with E-state index in [1.807, 2.05) is 31.4 Å². The van der Waals surface area contributed by atoms with Gasteiger partial charge in [-0.1, -0.05) is 39.8 Å². The van der Waals surface area contributed by atoms with E-state index in [1.54, 1.807) is 47.7 Å². The van der Waals surface area contributed by atoms with E-state index in [2.05, 4.69) is 35.5 Å². The second kappa shape index (κ2) is 15.1. The van der Waals surface area contributed by atoms with E-state index >= 15 is 0 Å². The van der Waals surface area contributed by atoms with Crippen LogP contribution in [0.25, 0.3) is 21.6 Å². The van der Waals surface area contributed by atoms with Crippen molar-refractivity contribution in [1.82, 2.24) is 10.3 Å². The molecular formula is C38H44N4O5S. The largest absolute Gasteiger partial charge is 0.493 e. The highest BCUT2D eigenvalue weighted by molar-refractivity contribution is 7.13. The molecule has 1 fully saturated rings. The monoisotopic (exact) mass is 668 g/mol. The van der Waals surface area contributed by atoms with E-state index in [0.717, 1.165) is 53.7 Å². The summed E-state index contributed by atoms with van der Waals surface area (Å²) < 4.78 is 11.3. The number of hydrogen-bond donors (Lipinski definition) is 3. The van der Waals surface area contributed by atoms with Crippen molar-refractivity contribution in [3.63, 3.8) is 0 Å². The smallest absolute Gasteiger partial charge is 0.357 e. The van der Waals surface area contributed by atoms with Gasteiger partial charge in [0.25, 0.3) is 11.8 Å². The number of benzene rings is 2. The molecular weight excluding hydrogens is 625 g/mol. The Kier molecular flexibility index (Phi) is 11.0. The van der Waals surface area contributed by atoms with E-state index in [1.165, 1.54) is 7.11 Å². The van der Waals surface area contributed by atoms with Gasteiger partial charge in [0.15, 0.2) is 5.69 Å². The van der Waals surface area contributed by atoms with Crippen molar-refractivity contribution in [1.29, 1.82) is 0 Å².